The van der Waals surface area contributed by atoms with Crippen molar-refractivity contribution < 1.29 is 2.74 Å². The van der Waals surface area contributed by atoms with E-state index in [1.54, 1.807) is 0 Å². The summed E-state index contributed by atoms with van der Waals surface area (Å²) < 4.78 is 14.0. The standard InChI is InChI=1S/C5H8/c1-5-3-2-4-5/h1-4H2/i2D2. The Morgan fingerprint density at radius 2 is 2.40 bits per heavy atom. The Kier molecular flexibility index (Phi) is 0.249. The van der Waals surface area contributed by atoms with Crippen LogP contribution in [-0.4, -0.2) is 0 Å². The molecule has 0 radical (unpaired) electrons. The summed E-state index contributed by atoms with van der Waals surface area (Å²) in [6.45, 7) is 3.62. The summed E-state index contributed by atoms with van der Waals surface area (Å²) in [5.74, 6) is 0. The molecule has 28 valence electrons. The molecule has 0 N–H and O–H groups in total. The lowest BCUT2D eigenvalue weighted by molar-refractivity contribution is 0.667. The summed E-state index contributed by atoms with van der Waals surface area (Å²) in [5.41, 5.74) is 1.05. The number of rotatable bonds is 0. The molecule has 1 rings (SSSR count). The van der Waals surface area contributed by atoms with Gasteiger partial charge < -0.3 is 0 Å². The molecule has 1 saturated carbocycles. The lowest BCUT2D eigenvalue weighted by atomic mass is 9.95. The summed E-state index contributed by atoms with van der Waals surface area (Å²) in [7, 11) is 0. The first-order valence-corrected chi connectivity index (χ1v) is 1.77. The van der Waals surface area contributed by atoms with Crippen LogP contribution in [0.4, 0.5) is 0 Å². The summed E-state index contributed by atoms with van der Waals surface area (Å²) in [6, 6.07) is 0. The van der Waals surface area contributed by atoms with E-state index in [2.05, 4.69) is 6.58 Å². The summed E-state index contributed by atoms with van der Waals surface area (Å²) in [4.78, 5) is 0. The topological polar surface area (TPSA) is 0 Å². The van der Waals surface area contributed by atoms with E-state index in [9.17, 15) is 0 Å². The summed E-state index contributed by atoms with van der Waals surface area (Å²) >= 11 is 0. The highest BCUT2D eigenvalue weighted by atomic mass is 14.1. The average molecular weight is 70.1 g/mol. The van der Waals surface area contributed by atoms with Crippen LogP contribution >= 0.6 is 0 Å². The third kappa shape index (κ3) is 0.344. The Balaban J connectivity index is 2.43. The molecule has 0 aromatic rings. The SMILES string of the molecule is [2H]C1([2H])CC(=C)C1. The minimum atomic E-state index is -0.906. The van der Waals surface area contributed by atoms with E-state index in [-0.39, 0.29) is 0 Å². The minimum absolute atomic E-state index is 0.576. The normalized spacial score (nSPS) is 38.0. The van der Waals surface area contributed by atoms with Crippen molar-refractivity contribution in [2.45, 2.75) is 19.2 Å². The zero-order valence-electron chi connectivity index (χ0n) is 5.12. The molecule has 0 aromatic carbocycles. The van der Waals surface area contributed by atoms with Gasteiger partial charge in [-0.05, 0) is 19.2 Å². The monoisotopic (exact) mass is 70.1 g/mol. The van der Waals surface area contributed by atoms with Gasteiger partial charge in [-0.1, -0.05) is 12.2 Å². The average Bonchev–Trinajstić information content (AvgIpc) is 1.27. The van der Waals surface area contributed by atoms with E-state index in [4.69, 9.17) is 2.74 Å². The van der Waals surface area contributed by atoms with Crippen molar-refractivity contribution in [2.75, 3.05) is 0 Å². The number of allylic oxidation sites excluding steroid dienone is 1. The van der Waals surface area contributed by atoms with Crippen molar-refractivity contribution in [2.24, 2.45) is 0 Å². The second-order valence-corrected chi connectivity index (χ2v) is 1.35. The van der Waals surface area contributed by atoms with Gasteiger partial charge >= 0.3 is 0 Å². The van der Waals surface area contributed by atoms with Gasteiger partial charge in [0.1, 0.15) is 0 Å². The van der Waals surface area contributed by atoms with Crippen LogP contribution < -0.4 is 0 Å². The van der Waals surface area contributed by atoms with Crippen LogP contribution in [0.25, 0.3) is 0 Å². The van der Waals surface area contributed by atoms with Crippen molar-refractivity contribution in [1.82, 2.24) is 0 Å². The van der Waals surface area contributed by atoms with Gasteiger partial charge in [0, 0.05) is 2.74 Å². The van der Waals surface area contributed by atoms with Crippen LogP contribution in [-0.2, 0) is 0 Å². The first-order chi connectivity index (χ1) is 3.10. The second-order valence-electron chi connectivity index (χ2n) is 1.35. The molecule has 0 heteroatoms. The van der Waals surface area contributed by atoms with Crippen LogP contribution in [0.15, 0.2) is 12.2 Å². The molecule has 1 aliphatic carbocycles. The molecule has 0 nitrogen and oxygen atoms in total. The Hall–Kier alpha value is -0.260. The lowest BCUT2D eigenvalue weighted by Crippen LogP contribution is -1.92. The van der Waals surface area contributed by atoms with E-state index in [0.29, 0.717) is 12.8 Å². The third-order valence-corrected chi connectivity index (χ3v) is 0.750. The Labute approximate surface area is 35.3 Å². The lowest BCUT2D eigenvalue weighted by Gasteiger charge is -2.11. The first kappa shape index (κ1) is 1.46. The molecular weight excluding hydrogens is 60.1 g/mol. The predicted molar refractivity (Wildman–Crippen MR) is 23.0 cm³/mol. The second kappa shape index (κ2) is 0.852. The van der Waals surface area contributed by atoms with Gasteiger partial charge in [-0.25, -0.2) is 0 Å². The molecule has 0 spiro atoms. The molecular formula is C5H8. The molecule has 0 saturated heterocycles. The van der Waals surface area contributed by atoms with E-state index < -0.39 is 6.37 Å². The summed E-state index contributed by atoms with van der Waals surface area (Å²) in [5, 5.41) is 0. The van der Waals surface area contributed by atoms with Gasteiger partial charge in [0.2, 0.25) is 0 Å². The molecule has 5 heavy (non-hydrogen) atoms. The first-order valence-electron chi connectivity index (χ1n) is 2.77. The smallest absolute Gasteiger partial charge is 0.0273 e. The molecule has 1 fully saturated rings. The molecule has 0 heterocycles. The molecule has 0 bridgehead atoms. The highest BCUT2D eigenvalue weighted by Crippen LogP contribution is 2.21. The maximum absolute atomic E-state index is 7.00. The molecule has 0 aromatic heterocycles. The van der Waals surface area contributed by atoms with E-state index in [1.165, 1.54) is 0 Å². The van der Waals surface area contributed by atoms with Crippen LogP contribution in [0.2, 0.25) is 0 Å². The van der Waals surface area contributed by atoms with E-state index in [1.807, 2.05) is 0 Å². The summed E-state index contributed by atoms with van der Waals surface area (Å²) in [6.07, 6.45) is 0.247. The third-order valence-electron chi connectivity index (χ3n) is 0.750. The quantitative estimate of drug-likeness (QED) is 0.381. The fraction of sp³-hybridized carbons (Fsp3) is 0.600. The number of hydrogen-bond acceptors (Lipinski definition) is 0. The largest absolute Gasteiger partial charge is 0.0999 e. The number of hydrogen-bond donors (Lipinski definition) is 0. The van der Waals surface area contributed by atoms with Gasteiger partial charge in [0.05, 0.1) is 0 Å². The van der Waals surface area contributed by atoms with E-state index in [0.717, 1.165) is 5.57 Å². The van der Waals surface area contributed by atoms with Crippen LogP contribution in [0.1, 0.15) is 22.0 Å². The fourth-order valence-electron chi connectivity index (χ4n) is 0.302. The molecule has 0 atom stereocenters. The van der Waals surface area contributed by atoms with Gasteiger partial charge in [0.25, 0.3) is 0 Å². The van der Waals surface area contributed by atoms with Crippen molar-refractivity contribution >= 4 is 0 Å². The molecule has 1 aliphatic rings. The highest BCUT2D eigenvalue weighted by Gasteiger charge is 2.02. The minimum Gasteiger partial charge on any atom is -0.0999 e. The van der Waals surface area contributed by atoms with Crippen molar-refractivity contribution in [3.8, 4) is 0 Å². The van der Waals surface area contributed by atoms with Gasteiger partial charge in [-0.15, -0.1) is 0 Å². The van der Waals surface area contributed by atoms with Crippen LogP contribution in [0, 0.1) is 0 Å². The zero-order valence-corrected chi connectivity index (χ0v) is 3.12. The highest BCUT2D eigenvalue weighted by molar-refractivity contribution is 5.01. The predicted octanol–water partition coefficient (Wildman–Crippen LogP) is 1.73. The Bertz CT molecular complexity index is 94.6. The van der Waals surface area contributed by atoms with Crippen LogP contribution in [0.3, 0.4) is 0 Å². The maximum atomic E-state index is 7.00. The van der Waals surface area contributed by atoms with Gasteiger partial charge in [-0.3, -0.25) is 0 Å². The van der Waals surface area contributed by atoms with E-state index >= 15 is 0 Å². The van der Waals surface area contributed by atoms with Crippen molar-refractivity contribution in [3.05, 3.63) is 12.2 Å². The van der Waals surface area contributed by atoms with Gasteiger partial charge in [-0.2, -0.15) is 0 Å². The molecule has 0 aliphatic heterocycles. The molecule has 0 unspecified atom stereocenters. The fourth-order valence-corrected chi connectivity index (χ4v) is 0.302. The van der Waals surface area contributed by atoms with Gasteiger partial charge in [0.15, 0.2) is 0 Å². The Morgan fingerprint density at radius 1 is 1.80 bits per heavy atom. The maximum Gasteiger partial charge on any atom is 0.0273 e. The zero-order chi connectivity index (χ0) is 5.49. The molecule has 0 amide bonds. The Morgan fingerprint density at radius 3 is 2.40 bits per heavy atom. The van der Waals surface area contributed by atoms with Crippen molar-refractivity contribution in [3.63, 3.8) is 0 Å². The van der Waals surface area contributed by atoms with Crippen molar-refractivity contribution in [1.29, 1.82) is 0 Å². The van der Waals surface area contributed by atoms with Crippen LogP contribution in [0.5, 0.6) is 0 Å².